The summed E-state index contributed by atoms with van der Waals surface area (Å²) < 4.78 is 19.1. The maximum Gasteiger partial charge on any atom is 0.235 e. The van der Waals surface area contributed by atoms with Gasteiger partial charge >= 0.3 is 0 Å². The topological polar surface area (TPSA) is 66.5 Å². The van der Waals surface area contributed by atoms with Gasteiger partial charge in [-0.15, -0.1) is 0 Å². The van der Waals surface area contributed by atoms with E-state index in [2.05, 4.69) is 5.10 Å². The van der Waals surface area contributed by atoms with Crippen molar-refractivity contribution in [2.24, 2.45) is 0 Å². The molecule has 6 heteroatoms. The second-order valence-corrected chi connectivity index (χ2v) is 7.42. The minimum atomic E-state index is -0.233. The fourth-order valence-corrected chi connectivity index (χ4v) is 3.38. The van der Waals surface area contributed by atoms with Crippen LogP contribution < -0.4 is 14.9 Å². The molecule has 6 nitrogen and oxygen atoms in total. The van der Waals surface area contributed by atoms with Gasteiger partial charge in [-0.05, 0) is 48.9 Å². The quantitative estimate of drug-likeness (QED) is 0.352. The summed E-state index contributed by atoms with van der Waals surface area (Å²) in [5, 5.41) is 4.80. The molecular formula is C26H20N2O4. The van der Waals surface area contributed by atoms with Crippen LogP contribution >= 0.6 is 0 Å². The molecule has 32 heavy (non-hydrogen) atoms. The molecule has 158 valence electrons. The summed E-state index contributed by atoms with van der Waals surface area (Å²) in [7, 11) is 0. The molecule has 0 N–H and O–H groups in total. The molecule has 0 aliphatic heterocycles. The van der Waals surface area contributed by atoms with Crippen molar-refractivity contribution >= 4 is 11.0 Å². The van der Waals surface area contributed by atoms with Crippen LogP contribution in [0.4, 0.5) is 0 Å². The lowest BCUT2D eigenvalue weighted by Crippen LogP contribution is -2.05. The van der Waals surface area contributed by atoms with Crippen LogP contribution in [-0.2, 0) is 6.61 Å². The maximum atomic E-state index is 12.8. The van der Waals surface area contributed by atoms with E-state index in [0.717, 1.165) is 16.8 Å². The summed E-state index contributed by atoms with van der Waals surface area (Å²) >= 11 is 0. The largest absolute Gasteiger partial charge is 0.489 e. The molecule has 0 saturated heterocycles. The van der Waals surface area contributed by atoms with Crippen molar-refractivity contribution in [3.8, 4) is 22.9 Å². The highest BCUT2D eigenvalue weighted by Gasteiger charge is 2.11. The van der Waals surface area contributed by atoms with Crippen LogP contribution in [0.1, 0.15) is 11.1 Å². The van der Waals surface area contributed by atoms with Crippen LogP contribution in [0.5, 0.6) is 17.2 Å². The lowest BCUT2D eigenvalue weighted by molar-refractivity contribution is 0.306. The molecule has 0 amide bonds. The number of rotatable bonds is 6. The van der Waals surface area contributed by atoms with Crippen molar-refractivity contribution in [3.63, 3.8) is 0 Å². The summed E-state index contributed by atoms with van der Waals surface area (Å²) in [6.07, 6.45) is 5.02. The van der Waals surface area contributed by atoms with Gasteiger partial charge in [-0.3, -0.25) is 4.79 Å². The van der Waals surface area contributed by atoms with Crippen molar-refractivity contribution in [2.75, 3.05) is 0 Å². The van der Waals surface area contributed by atoms with E-state index in [4.69, 9.17) is 13.9 Å². The number of aryl methyl sites for hydroxylation is 1. The van der Waals surface area contributed by atoms with Gasteiger partial charge in [0.15, 0.2) is 0 Å². The Kier molecular flexibility index (Phi) is 5.17. The smallest absolute Gasteiger partial charge is 0.235 e. The normalized spacial score (nSPS) is 10.9. The third-order valence-electron chi connectivity index (χ3n) is 4.99. The van der Waals surface area contributed by atoms with Gasteiger partial charge in [0, 0.05) is 17.8 Å². The summed E-state index contributed by atoms with van der Waals surface area (Å²) in [5.41, 5.74) is 3.16. The number of benzene rings is 3. The Labute approximate surface area is 184 Å². The van der Waals surface area contributed by atoms with Gasteiger partial charge in [-0.1, -0.05) is 30.3 Å². The van der Waals surface area contributed by atoms with Crippen molar-refractivity contribution in [3.05, 3.63) is 113 Å². The Balaban J connectivity index is 1.32. The SMILES string of the molecule is Cc1cccc(Oc2coc3cc(OCc4cnn(-c5ccccc5)c4)ccc3c2=O)c1. The summed E-state index contributed by atoms with van der Waals surface area (Å²) in [6.45, 7) is 2.31. The minimum absolute atomic E-state index is 0.144. The first kappa shape index (κ1) is 19.6. The number of para-hydroxylation sites is 1. The number of ether oxygens (including phenoxy) is 2. The monoisotopic (exact) mass is 424 g/mol. The Morgan fingerprint density at radius 1 is 0.969 bits per heavy atom. The summed E-state index contributed by atoms with van der Waals surface area (Å²) in [6, 6.07) is 22.5. The molecule has 5 aromatic rings. The summed E-state index contributed by atoms with van der Waals surface area (Å²) in [5.74, 6) is 1.33. The molecule has 0 bridgehead atoms. The van der Waals surface area contributed by atoms with Gasteiger partial charge in [0.2, 0.25) is 11.2 Å². The first-order valence-corrected chi connectivity index (χ1v) is 10.2. The van der Waals surface area contributed by atoms with Gasteiger partial charge in [0.1, 0.15) is 30.0 Å². The highest BCUT2D eigenvalue weighted by atomic mass is 16.5. The van der Waals surface area contributed by atoms with E-state index < -0.39 is 0 Å². The van der Waals surface area contributed by atoms with Gasteiger partial charge < -0.3 is 13.9 Å². The van der Waals surface area contributed by atoms with Gasteiger partial charge in [-0.25, -0.2) is 4.68 Å². The standard InChI is InChI=1S/C26H20N2O4/c1-18-6-5-9-22(12-18)32-25-17-31-24-13-21(10-11-23(24)26(25)29)30-16-19-14-27-28(15-19)20-7-3-2-4-8-20/h2-15,17H,16H2,1H3. The molecule has 0 fully saturated rings. The van der Waals surface area contributed by atoms with Crippen LogP contribution in [-0.4, -0.2) is 9.78 Å². The lowest BCUT2D eigenvalue weighted by atomic mass is 10.2. The molecule has 0 aliphatic rings. The number of nitrogens with zero attached hydrogens (tertiary/aromatic N) is 2. The number of aromatic nitrogens is 2. The van der Waals surface area contributed by atoms with Gasteiger partial charge in [-0.2, -0.15) is 5.10 Å². The Morgan fingerprint density at radius 2 is 1.84 bits per heavy atom. The number of hydrogen-bond acceptors (Lipinski definition) is 5. The Hall–Kier alpha value is -4.32. The van der Waals surface area contributed by atoms with Crippen LogP contribution in [0.15, 0.2) is 101 Å². The predicted octanol–water partition coefficient (Wildman–Crippen LogP) is 5.66. The summed E-state index contributed by atoms with van der Waals surface area (Å²) in [4.78, 5) is 12.8. The molecular weight excluding hydrogens is 404 g/mol. The third-order valence-corrected chi connectivity index (χ3v) is 4.99. The van der Waals surface area contributed by atoms with E-state index in [-0.39, 0.29) is 11.2 Å². The van der Waals surface area contributed by atoms with E-state index in [1.54, 1.807) is 35.1 Å². The molecule has 0 radical (unpaired) electrons. The predicted molar refractivity (Wildman–Crippen MR) is 122 cm³/mol. The van der Waals surface area contributed by atoms with Crippen LogP contribution in [0.2, 0.25) is 0 Å². The lowest BCUT2D eigenvalue weighted by Gasteiger charge is -2.08. The fraction of sp³-hybridized carbons (Fsp3) is 0.0769. The van der Waals surface area contributed by atoms with E-state index >= 15 is 0 Å². The average Bonchev–Trinajstić information content (AvgIpc) is 3.29. The molecule has 5 rings (SSSR count). The first-order chi connectivity index (χ1) is 15.7. The van der Waals surface area contributed by atoms with Crippen molar-refractivity contribution < 1.29 is 13.9 Å². The Bertz CT molecular complexity index is 1440. The zero-order valence-electron chi connectivity index (χ0n) is 17.4. The van der Waals surface area contributed by atoms with Gasteiger partial charge in [0.25, 0.3) is 0 Å². The highest BCUT2D eigenvalue weighted by Crippen LogP contribution is 2.25. The number of hydrogen-bond donors (Lipinski definition) is 0. The van der Waals surface area contributed by atoms with Crippen LogP contribution in [0.3, 0.4) is 0 Å². The molecule has 2 aromatic heterocycles. The van der Waals surface area contributed by atoms with E-state index in [1.807, 2.05) is 61.7 Å². The van der Waals surface area contributed by atoms with Gasteiger partial charge in [0.05, 0.1) is 17.3 Å². The second-order valence-electron chi connectivity index (χ2n) is 7.42. The second kappa shape index (κ2) is 8.43. The van der Waals surface area contributed by atoms with Crippen molar-refractivity contribution in [2.45, 2.75) is 13.5 Å². The maximum absolute atomic E-state index is 12.8. The first-order valence-electron chi connectivity index (χ1n) is 10.2. The van der Waals surface area contributed by atoms with Crippen molar-refractivity contribution in [1.82, 2.24) is 9.78 Å². The van der Waals surface area contributed by atoms with Crippen LogP contribution in [0, 0.1) is 6.92 Å². The van der Waals surface area contributed by atoms with Crippen LogP contribution in [0.25, 0.3) is 16.7 Å². The zero-order valence-corrected chi connectivity index (χ0v) is 17.4. The zero-order chi connectivity index (χ0) is 21.9. The fourth-order valence-electron chi connectivity index (χ4n) is 3.38. The molecule has 0 spiro atoms. The minimum Gasteiger partial charge on any atom is -0.489 e. The van der Waals surface area contributed by atoms with E-state index in [0.29, 0.717) is 29.1 Å². The molecule has 2 heterocycles. The average molecular weight is 424 g/mol. The number of fused-ring (bicyclic) bond motifs is 1. The molecule has 0 unspecified atom stereocenters. The van der Waals surface area contributed by atoms with E-state index in [1.165, 1.54) is 6.26 Å². The highest BCUT2D eigenvalue weighted by molar-refractivity contribution is 5.79. The third kappa shape index (κ3) is 4.11. The van der Waals surface area contributed by atoms with E-state index in [9.17, 15) is 4.79 Å². The molecule has 0 atom stereocenters. The molecule has 3 aromatic carbocycles. The molecule has 0 saturated carbocycles. The molecule has 0 aliphatic carbocycles. The van der Waals surface area contributed by atoms with Crippen molar-refractivity contribution in [1.29, 1.82) is 0 Å². The Morgan fingerprint density at radius 3 is 2.69 bits per heavy atom.